The monoisotopic (exact) mass is 530 g/mol. The minimum Gasteiger partial charge on any atom is -0.474 e. The van der Waals surface area contributed by atoms with Crippen molar-refractivity contribution in [3.8, 4) is 11.8 Å². The highest BCUT2D eigenvalue weighted by atomic mass is 16.5. The van der Waals surface area contributed by atoms with E-state index in [1.165, 1.54) is 0 Å². The molecule has 3 fully saturated rings. The van der Waals surface area contributed by atoms with E-state index in [1.54, 1.807) is 29.3 Å². The smallest absolute Gasteiger partial charge is 0.257 e. The van der Waals surface area contributed by atoms with Gasteiger partial charge in [-0.05, 0) is 56.7 Å². The standard InChI is InChI=1S/C29H38N8O2/c1-18-20(17-37(34-18)27-31-9-6-10-32-27)26(38)36-15-21-22(16-36)25(21)39-24-14-19(29(4,5)30)13-23(33-24)35-11-7-28(2,3)8-12-35/h6,9-10,13-14,17,21-22,25H,7-8,11-12,15-16,30H2,1-5H3/t21-,22+,25+. The number of amides is 1. The van der Waals surface area contributed by atoms with Crippen molar-refractivity contribution in [2.75, 3.05) is 31.1 Å². The molecule has 0 spiro atoms. The maximum absolute atomic E-state index is 13.3. The van der Waals surface area contributed by atoms with Gasteiger partial charge in [0.1, 0.15) is 11.9 Å². The van der Waals surface area contributed by atoms with Crippen LogP contribution in [0, 0.1) is 24.2 Å². The van der Waals surface area contributed by atoms with Crippen LogP contribution in [-0.4, -0.2) is 67.8 Å². The van der Waals surface area contributed by atoms with Gasteiger partial charge >= 0.3 is 0 Å². The second-order valence-electron chi connectivity index (χ2n) is 12.7. The molecule has 3 atom stereocenters. The second-order valence-corrected chi connectivity index (χ2v) is 12.7. The van der Waals surface area contributed by atoms with Crippen molar-refractivity contribution in [2.45, 2.75) is 59.1 Å². The number of carbonyl (C=O) groups is 1. The zero-order valence-electron chi connectivity index (χ0n) is 23.5. The van der Waals surface area contributed by atoms with Crippen molar-refractivity contribution in [2.24, 2.45) is 23.0 Å². The Labute approximate surface area is 229 Å². The molecule has 5 heterocycles. The van der Waals surface area contributed by atoms with Crippen molar-refractivity contribution in [1.82, 2.24) is 29.6 Å². The number of likely N-dealkylation sites (tertiary alicyclic amines) is 1. The lowest BCUT2D eigenvalue weighted by atomic mass is 9.82. The number of piperidine rings is 2. The van der Waals surface area contributed by atoms with Gasteiger partial charge < -0.3 is 20.3 Å². The summed E-state index contributed by atoms with van der Waals surface area (Å²) in [6.07, 6.45) is 7.36. The van der Waals surface area contributed by atoms with Gasteiger partial charge in [-0.3, -0.25) is 4.79 Å². The van der Waals surface area contributed by atoms with Gasteiger partial charge in [0.25, 0.3) is 5.91 Å². The Morgan fingerprint density at radius 3 is 2.41 bits per heavy atom. The SMILES string of the molecule is Cc1nn(-c2ncccn2)cc1C(=O)N1C[C@@H]2[C@H](C1)[C@H]2Oc1cc(C(C)(C)N)cc(N2CCC(C)(C)CC2)n1. The highest BCUT2D eigenvalue weighted by Gasteiger charge is 2.59. The van der Waals surface area contributed by atoms with Crippen molar-refractivity contribution in [1.29, 1.82) is 0 Å². The van der Waals surface area contributed by atoms with E-state index in [2.05, 4.69) is 39.9 Å². The fourth-order valence-corrected chi connectivity index (χ4v) is 5.73. The summed E-state index contributed by atoms with van der Waals surface area (Å²) in [6, 6.07) is 5.85. The Balaban J connectivity index is 1.13. The third-order valence-corrected chi connectivity index (χ3v) is 8.52. The van der Waals surface area contributed by atoms with E-state index in [-0.39, 0.29) is 12.0 Å². The summed E-state index contributed by atoms with van der Waals surface area (Å²) in [6.45, 7) is 13.8. The van der Waals surface area contributed by atoms with Gasteiger partial charge in [-0.2, -0.15) is 10.1 Å². The molecular formula is C29H38N8O2. The molecule has 3 aromatic rings. The van der Waals surface area contributed by atoms with Crippen LogP contribution in [0.1, 0.15) is 62.2 Å². The predicted octanol–water partition coefficient (Wildman–Crippen LogP) is 3.34. The number of carbonyl (C=O) groups excluding carboxylic acids is 1. The summed E-state index contributed by atoms with van der Waals surface area (Å²) in [5, 5.41) is 4.45. The Hall–Kier alpha value is -3.53. The molecule has 1 aliphatic carbocycles. The van der Waals surface area contributed by atoms with Crippen molar-refractivity contribution < 1.29 is 9.53 Å². The fourth-order valence-electron chi connectivity index (χ4n) is 5.73. The Bertz CT molecular complexity index is 1360. The van der Waals surface area contributed by atoms with Gasteiger partial charge in [0.15, 0.2) is 0 Å². The van der Waals surface area contributed by atoms with Gasteiger partial charge in [-0.15, -0.1) is 0 Å². The maximum atomic E-state index is 13.3. The lowest BCUT2D eigenvalue weighted by Gasteiger charge is -2.38. The molecule has 3 aromatic heterocycles. The number of hydrogen-bond donors (Lipinski definition) is 1. The van der Waals surface area contributed by atoms with Crippen LogP contribution in [0.15, 0.2) is 36.8 Å². The van der Waals surface area contributed by atoms with Crippen LogP contribution in [0.2, 0.25) is 0 Å². The molecule has 39 heavy (non-hydrogen) atoms. The molecule has 0 unspecified atom stereocenters. The molecule has 3 aliphatic rings. The van der Waals surface area contributed by atoms with Crippen LogP contribution in [0.4, 0.5) is 5.82 Å². The summed E-state index contributed by atoms with van der Waals surface area (Å²) in [4.78, 5) is 30.9. The number of aromatic nitrogens is 5. The van der Waals surface area contributed by atoms with E-state index in [4.69, 9.17) is 15.5 Å². The zero-order valence-corrected chi connectivity index (χ0v) is 23.5. The molecule has 0 radical (unpaired) electrons. The molecule has 206 valence electrons. The molecular weight excluding hydrogens is 492 g/mol. The van der Waals surface area contributed by atoms with E-state index in [1.807, 2.05) is 31.7 Å². The predicted molar refractivity (Wildman–Crippen MR) is 148 cm³/mol. The summed E-state index contributed by atoms with van der Waals surface area (Å²) in [5.41, 5.74) is 8.63. The van der Waals surface area contributed by atoms with Crippen LogP contribution in [-0.2, 0) is 5.54 Å². The molecule has 10 heteroatoms. The molecule has 0 bridgehead atoms. The highest BCUT2D eigenvalue weighted by molar-refractivity contribution is 5.95. The number of rotatable bonds is 6. The number of anilines is 1. The largest absolute Gasteiger partial charge is 0.474 e. The number of nitrogens with two attached hydrogens (primary N) is 1. The molecule has 1 amide bonds. The van der Waals surface area contributed by atoms with Crippen LogP contribution < -0.4 is 15.4 Å². The number of hydrogen-bond acceptors (Lipinski definition) is 8. The molecule has 0 aromatic carbocycles. The minimum atomic E-state index is -0.499. The Morgan fingerprint density at radius 2 is 1.77 bits per heavy atom. The average Bonchev–Trinajstić information content (AvgIpc) is 3.21. The summed E-state index contributed by atoms with van der Waals surface area (Å²) in [7, 11) is 0. The van der Waals surface area contributed by atoms with E-state index in [9.17, 15) is 4.79 Å². The van der Waals surface area contributed by atoms with Crippen molar-refractivity contribution in [3.63, 3.8) is 0 Å². The lowest BCUT2D eigenvalue weighted by molar-refractivity contribution is 0.0751. The van der Waals surface area contributed by atoms with Gasteiger partial charge in [-0.25, -0.2) is 14.6 Å². The highest BCUT2D eigenvalue weighted by Crippen LogP contribution is 2.48. The summed E-state index contributed by atoms with van der Waals surface area (Å²) in [5.74, 6) is 2.60. The first kappa shape index (κ1) is 25.7. The van der Waals surface area contributed by atoms with E-state index < -0.39 is 5.54 Å². The van der Waals surface area contributed by atoms with Gasteiger partial charge in [0.05, 0.1) is 11.3 Å². The topological polar surface area (TPSA) is 115 Å². The third-order valence-electron chi connectivity index (χ3n) is 8.52. The fraction of sp³-hybridized carbons (Fsp3) is 0.552. The van der Waals surface area contributed by atoms with Crippen LogP contribution in [0.25, 0.3) is 5.95 Å². The first-order valence-electron chi connectivity index (χ1n) is 13.8. The normalized spacial score (nSPS) is 24.0. The first-order chi connectivity index (χ1) is 18.5. The van der Waals surface area contributed by atoms with E-state index >= 15 is 0 Å². The zero-order chi connectivity index (χ0) is 27.5. The summed E-state index contributed by atoms with van der Waals surface area (Å²) >= 11 is 0. The molecule has 10 nitrogen and oxygen atoms in total. The Kier molecular flexibility index (Phi) is 6.13. The molecule has 2 saturated heterocycles. The quantitative estimate of drug-likeness (QED) is 0.516. The lowest BCUT2D eigenvalue weighted by Crippen LogP contribution is -2.38. The minimum absolute atomic E-state index is 0.0130. The molecule has 6 rings (SSSR count). The Morgan fingerprint density at radius 1 is 1.10 bits per heavy atom. The second kappa shape index (κ2) is 9.29. The van der Waals surface area contributed by atoms with Gasteiger partial charge in [-0.1, -0.05) is 13.8 Å². The van der Waals surface area contributed by atoms with Crippen LogP contribution in [0.3, 0.4) is 0 Å². The summed E-state index contributed by atoms with van der Waals surface area (Å²) < 4.78 is 8.02. The van der Waals surface area contributed by atoms with Gasteiger partial charge in [0.2, 0.25) is 11.8 Å². The van der Waals surface area contributed by atoms with Crippen LogP contribution in [0.5, 0.6) is 5.88 Å². The number of ether oxygens (including phenoxy) is 1. The van der Waals surface area contributed by atoms with Crippen molar-refractivity contribution in [3.05, 3.63) is 53.6 Å². The van der Waals surface area contributed by atoms with Gasteiger partial charge in [0, 0.05) is 68.2 Å². The maximum Gasteiger partial charge on any atom is 0.257 e. The van der Waals surface area contributed by atoms with E-state index in [0.29, 0.717) is 53.4 Å². The van der Waals surface area contributed by atoms with E-state index in [0.717, 1.165) is 37.3 Å². The molecule has 1 saturated carbocycles. The average molecular weight is 531 g/mol. The third kappa shape index (κ3) is 5.09. The first-order valence-corrected chi connectivity index (χ1v) is 13.8. The van der Waals surface area contributed by atoms with Crippen LogP contribution >= 0.6 is 0 Å². The molecule has 2 N–H and O–H groups in total. The number of pyridine rings is 1. The number of nitrogens with zero attached hydrogens (tertiary/aromatic N) is 7. The number of fused-ring (bicyclic) bond motifs is 1. The molecule has 2 aliphatic heterocycles. The van der Waals surface area contributed by atoms with Crippen molar-refractivity contribution >= 4 is 11.7 Å². The number of aryl methyl sites for hydroxylation is 1.